The van der Waals surface area contributed by atoms with Crippen molar-refractivity contribution in [2.75, 3.05) is 0 Å². The van der Waals surface area contributed by atoms with Gasteiger partial charge in [0.25, 0.3) is 0 Å². The summed E-state index contributed by atoms with van der Waals surface area (Å²) in [5.74, 6) is 0.640. The molecule has 3 heteroatoms. The van der Waals surface area contributed by atoms with E-state index in [1.54, 1.807) is 0 Å². The summed E-state index contributed by atoms with van der Waals surface area (Å²) in [6, 6.07) is 5.78. The predicted octanol–water partition coefficient (Wildman–Crippen LogP) is 6.26. The highest BCUT2D eigenvalue weighted by atomic mass is 79.9. The minimum Gasteiger partial charge on any atom is -0.0843 e. The van der Waals surface area contributed by atoms with Crippen molar-refractivity contribution >= 4 is 39.1 Å². The standard InChI is InChI=1S/C14H17BrCl2/c1-14(2)7-3-4-11(14)13(15)10-6-5-9(16)8-12(10)17/h5-6,8,11,13H,3-4,7H2,1-2H3. The van der Waals surface area contributed by atoms with E-state index in [4.69, 9.17) is 23.2 Å². The van der Waals surface area contributed by atoms with Gasteiger partial charge in [0, 0.05) is 14.9 Å². The number of hydrogen-bond donors (Lipinski definition) is 0. The molecule has 1 aromatic rings. The molecular weight excluding hydrogens is 319 g/mol. The summed E-state index contributed by atoms with van der Waals surface area (Å²) in [7, 11) is 0. The lowest BCUT2D eigenvalue weighted by atomic mass is 9.78. The molecule has 2 atom stereocenters. The van der Waals surface area contributed by atoms with Crippen molar-refractivity contribution in [3.8, 4) is 0 Å². The molecule has 0 bridgehead atoms. The molecule has 1 aromatic carbocycles. The predicted molar refractivity (Wildman–Crippen MR) is 79.3 cm³/mol. The fourth-order valence-electron chi connectivity index (χ4n) is 2.84. The second kappa shape index (κ2) is 5.11. The van der Waals surface area contributed by atoms with Crippen molar-refractivity contribution in [2.45, 2.75) is 37.9 Å². The minimum absolute atomic E-state index is 0.324. The number of halogens is 3. The molecule has 0 aliphatic heterocycles. The molecule has 1 aliphatic rings. The molecular formula is C14H17BrCl2. The fraction of sp³-hybridized carbons (Fsp3) is 0.571. The van der Waals surface area contributed by atoms with Gasteiger partial charge >= 0.3 is 0 Å². The third-order valence-electron chi connectivity index (χ3n) is 3.95. The summed E-state index contributed by atoms with van der Waals surface area (Å²) in [5, 5.41) is 1.46. The van der Waals surface area contributed by atoms with Crippen molar-refractivity contribution in [3.63, 3.8) is 0 Å². The zero-order valence-corrected chi connectivity index (χ0v) is 13.2. The van der Waals surface area contributed by atoms with Crippen molar-refractivity contribution in [3.05, 3.63) is 33.8 Å². The SMILES string of the molecule is CC1(C)CCCC1C(Br)c1ccc(Cl)cc1Cl. The Labute approximate surface area is 122 Å². The van der Waals surface area contributed by atoms with Crippen LogP contribution in [0.1, 0.15) is 43.5 Å². The van der Waals surface area contributed by atoms with E-state index in [9.17, 15) is 0 Å². The second-order valence-corrected chi connectivity index (χ2v) is 7.39. The van der Waals surface area contributed by atoms with E-state index in [0.29, 0.717) is 21.2 Å². The lowest BCUT2D eigenvalue weighted by Gasteiger charge is -2.31. The zero-order chi connectivity index (χ0) is 12.6. The van der Waals surface area contributed by atoms with Gasteiger partial charge in [-0.3, -0.25) is 0 Å². The van der Waals surface area contributed by atoms with E-state index in [-0.39, 0.29) is 0 Å². The molecule has 1 aliphatic carbocycles. The maximum absolute atomic E-state index is 6.28. The van der Waals surface area contributed by atoms with Crippen LogP contribution >= 0.6 is 39.1 Å². The van der Waals surface area contributed by atoms with Crippen LogP contribution in [0.5, 0.6) is 0 Å². The number of alkyl halides is 1. The van der Waals surface area contributed by atoms with Gasteiger partial charge in [-0.15, -0.1) is 0 Å². The Morgan fingerprint density at radius 1 is 1.35 bits per heavy atom. The maximum Gasteiger partial charge on any atom is 0.0464 e. The average molecular weight is 336 g/mol. The van der Waals surface area contributed by atoms with Crippen LogP contribution in [0, 0.1) is 11.3 Å². The Hall–Kier alpha value is 0.280. The molecule has 1 saturated carbocycles. The van der Waals surface area contributed by atoms with Gasteiger partial charge in [0.2, 0.25) is 0 Å². The van der Waals surface area contributed by atoms with Gasteiger partial charge < -0.3 is 0 Å². The van der Waals surface area contributed by atoms with Gasteiger partial charge in [0.1, 0.15) is 0 Å². The first-order valence-electron chi connectivity index (χ1n) is 6.01. The highest BCUT2D eigenvalue weighted by Gasteiger charge is 2.39. The van der Waals surface area contributed by atoms with Crippen LogP contribution in [0.25, 0.3) is 0 Å². The second-order valence-electron chi connectivity index (χ2n) is 5.55. The Morgan fingerprint density at radius 3 is 2.59 bits per heavy atom. The first-order valence-corrected chi connectivity index (χ1v) is 7.68. The third kappa shape index (κ3) is 2.83. The first kappa shape index (κ1) is 13.7. The molecule has 2 unspecified atom stereocenters. The highest BCUT2D eigenvalue weighted by Crippen LogP contribution is 2.52. The molecule has 0 aromatic heterocycles. The molecule has 0 radical (unpaired) electrons. The van der Waals surface area contributed by atoms with E-state index < -0.39 is 0 Å². The number of benzene rings is 1. The largest absolute Gasteiger partial charge is 0.0843 e. The van der Waals surface area contributed by atoms with Gasteiger partial charge in [-0.1, -0.05) is 65.5 Å². The summed E-state index contributed by atoms with van der Waals surface area (Å²) in [5.41, 5.74) is 1.55. The van der Waals surface area contributed by atoms with E-state index in [1.165, 1.54) is 19.3 Å². The molecule has 94 valence electrons. The van der Waals surface area contributed by atoms with Crippen LogP contribution in [0.2, 0.25) is 10.0 Å². The Bertz CT molecular complexity index is 415. The molecule has 0 N–H and O–H groups in total. The van der Waals surface area contributed by atoms with Crippen LogP contribution in [-0.2, 0) is 0 Å². The van der Waals surface area contributed by atoms with Gasteiger partial charge in [0.05, 0.1) is 0 Å². The van der Waals surface area contributed by atoms with Crippen molar-refractivity contribution in [1.82, 2.24) is 0 Å². The monoisotopic (exact) mass is 334 g/mol. The number of rotatable bonds is 2. The van der Waals surface area contributed by atoms with Crippen LogP contribution in [0.15, 0.2) is 18.2 Å². The highest BCUT2D eigenvalue weighted by molar-refractivity contribution is 9.09. The van der Waals surface area contributed by atoms with E-state index in [0.717, 1.165) is 10.6 Å². The molecule has 0 nitrogen and oxygen atoms in total. The molecule has 0 amide bonds. The lowest BCUT2D eigenvalue weighted by Crippen LogP contribution is -2.21. The van der Waals surface area contributed by atoms with Gasteiger partial charge in [-0.2, -0.15) is 0 Å². The molecule has 0 spiro atoms. The van der Waals surface area contributed by atoms with Gasteiger partial charge in [0.15, 0.2) is 0 Å². The van der Waals surface area contributed by atoms with E-state index in [1.807, 2.05) is 18.2 Å². The van der Waals surface area contributed by atoms with Crippen LogP contribution in [0.4, 0.5) is 0 Å². The van der Waals surface area contributed by atoms with Crippen LogP contribution < -0.4 is 0 Å². The summed E-state index contributed by atoms with van der Waals surface area (Å²) < 4.78 is 0. The van der Waals surface area contributed by atoms with Crippen molar-refractivity contribution in [1.29, 1.82) is 0 Å². The van der Waals surface area contributed by atoms with Crippen molar-refractivity contribution < 1.29 is 0 Å². The fourth-order valence-corrected chi connectivity index (χ4v) is 4.88. The summed E-state index contributed by atoms with van der Waals surface area (Å²) >= 11 is 16.1. The topological polar surface area (TPSA) is 0 Å². The molecule has 1 fully saturated rings. The first-order chi connectivity index (χ1) is 7.92. The number of hydrogen-bond acceptors (Lipinski definition) is 0. The quantitative estimate of drug-likeness (QED) is 0.560. The molecule has 2 rings (SSSR count). The normalized spacial score (nSPS) is 24.9. The maximum atomic E-state index is 6.28. The minimum atomic E-state index is 0.324. The summed E-state index contributed by atoms with van der Waals surface area (Å²) in [4.78, 5) is 0.324. The Kier molecular flexibility index (Phi) is 4.12. The lowest BCUT2D eigenvalue weighted by molar-refractivity contribution is 0.257. The molecule has 0 heterocycles. The van der Waals surface area contributed by atoms with Crippen molar-refractivity contribution in [2.24, 2.45) is 11.3 Å². The average Bonchev–Trinajstić information content (AvgIpc) is 2.57. The van der Waals surface area contributed by atoms with Crippen LogP contribution in [0.3, 0.4) is 0 Å². The molecule has 17 heavy (non-hydrogen) atoms. The summed E-state index contributed by atoms with van der Waals surface area (Å²) in [6.45, 7) is 4.70. The third-order valence-corrected chi connectivity index (χ3v) is 5.65. The summed E-state index contributed by atoms with van der Waals surface area (Å²) in [6.07, 6.45) is 3.87. The van der Waals surface area contributed by atoms with Gasteiger partial charge in [-0.05, 0) is 41.9 Å². The Balaban J connectivity index is 2.28. The molecule has 0 saturated heterocycles. The zero-order valence-electron chi connectivity index (χ0n) is 10.1. The Morgan fingerprint density at radius 2 is 2.06 bits per heavy atom. The smallest absolute Gasteiger partial charge is 0.0464 e. The van der Waals surface area contributed by atoms with Crippen LogP contribution in [-0.4, -0.2) is 0 Å². The van der Waals surface area contributed by atoms with Gasteiger partial charge in [-0.25, -0.2) is 0 Å². The van der Waals surface area contributed by atoms with E-state index >= 15 is 0 Å². The van der Waals surface area contributed by atoms with E-state index in [2.05, 4.69) is 29.8 Å².